The molecule has 1 N–H and O–H groups in total. The van der Waals surface area contributed by atoms with E-state index in [2.05, 4.69) is 5.43 Å². The van der Waals surface area contributed by atoms with Crippen LogP contribution in [0.4, 0.5) is 0 Å². The lowest BCUT2D eigenvalue weighted by Crippen LogP contribution is -2.53. The van der Waals surface area contributed by atoms with E-state index >= 15 is 0 Å². The zero-order valence-electron chi connectivity index (χ0n) is 10.7. The second kappa shape index (κ2) is 5.09. The molecule has 0 aliphatic carbocycles. The highest BCUT2D eigenvalue weighted by Gasteiger charge is 2.38. The molecule has 0 spiro atoms. The summed E-state index contributed by atoms with van der Waals surface area (Å²) in [7, 11) is 1.25. The summed E-state index contributed by atoms with van der Waals surface area (Å²) in [6, 6.07) is 6.17. The number of methoxy groups -OCH3 is 1. The molecule has 1 aromatic rings. The third-order valence-electron chi connectivity index (χ3n) is 2.92. The van der Waals surface area contributed by atoms with E-state index in [4.69, 9.17) is 4.74 Å². The number of hydrogen-bond donors (Lipinski definition) is 1. The minimum Gasteiger partial charge on any atom is -0.467 e. The van der Waals surface area contributed by atoms with Crippen LogP contribution in [0.25, 0.3) is 0 Å². The Morgan fingerprint density at radius 2 is 2.05 bits per heavy atom. The topological polar surface area (TPSA) is 75.7 Å². The first-order valence-electron chi connectivity index (χ1n) is 5.79. The fourth-order valence-electron chi connectivity index (χ4n) is 2.13. The highest BCUT2D eigenvalue weighted by molar-refractivity contribution is 5.91. The molecule has 6 heteroatoms. The lowest BCUT2D eigenvalue weighted by molar-refractivity contribution is -0.159. The zero-order chi connectivity index (χ0) is 14.0. The number of hydrogen-bond acceptors (Lipinski definition) is 4. The molecule has 19 heavy (non-hydrogen) atoms. The quantitative estimate of drug-likeness (QED) is 0.780. The molecule has 1 atom stereocenters. The summed E-state index contributed by atoms with van der Waals surface area (Å²) >= 11 is 0. The summed E-state index contributed by atoms with van der Waals surface area (Å²) in [6.07, 6.45) is 0.143. The van der Waals surface area contributed by atoms with Crippen LogP contribution in [0.1, 0.15) is 24.1 Å². The molecule has 6 nitrogen and oxygen atoms in total. The fourth-order valence-corrected chi connectivity index (χ4v) is 2.13. The van der Waals surface area contributed by atoms with Gasteiger partial charge in [-0.2, -0.15) is 0 Å². The van der Waals surface area contributed by atoms with Gasteiger partial charge in [-0.05, 0) is 11.1 Å². The Bertz CT molecular complexity index is 541. The summed E-state index contributed by atoms with van der Waals surface area (Å²) in [6.45, 7) is 1.28. The molecule has 2 rings (SSSR count). The highest BCUT2D eigenvalue weighted by atomic mass is 16.5. The summed E-state index contributed by atoms with van der Waals surface area (Å²) < 4.78 is 4.72. The maximum Gasteiger partial charge on any atom is 0.335 e. The number of ether oxygens (including phenoxy) is 1. The molecule has 0 unspecified atom stereocenters. The van der Waals surface area contributed by atoms with Crippen LogP contribution >= 0.6 is 0 Å². The third-order valence-corrected chi connectivity index (χ3v) is 2.92. The molecule has 1 aromatic carbocycles. The average molecular weight is 262 g/mol. The minimum atomic E-state index is -0.939. The molecular weight excluding hydrogens is 248 g/mol. The Hall–Kier alpha value is -2.37. The Morgan fingerprint density at radius 1 is 1.37 bits per heavy atom. The van der Waals surface area contributed by atoms with Gasteiger partial charge in [0.15, 0.2) is 6.04 Å². The normalized spacial score (nSPS) is 17.7. The minimum absolute atomic E-state index is 0.143. The van der Waals surface area contributed by atoms with Gasteiger partial charge >= 0.3 is 5.97 Å². The van der Waals surface area contributed by atoms with Gasteiger partial charge < -0.3 is 4.74 Å². The number of esters is 1. The van der Waals surface area contributed by atoms with E-state index in [0.717, 1.165) is 10.6 Å². The predicted molar refractivity (Wildman–Crippen MR) is 65.6 cm³/mol. The van der Waals surface area contributed by atoms with E-state index in [1.807, 2.05) is 0 Å². The van der Waals surface area contributed by atoms with Gasteiger partial charge in [-0.25, -0.2) is 9.80 Å². The summed E-state index contributed by atoms with van der Waals surface area (Å²) in [4.78, 5) is 35.1. The number of carbonyl (C=O) groups is 3. The number of benzene rings is 1. The van der Waals surface area contributed by atoms with Gasteiger partial charge in [0.2, 0.25) is 11.8 Å². The molecule has 2 amide bonds. The van der Waals surface area contributed by atoms with Crippen molar-refractivity contribution in [3.63, 3.8) is 0 Å². The van der Waals surface area contributed by atoms with E-state index in [9.17, 15) is 14.4 Å². The van der Waals surface area contributed by atoms with Crippen molar-refractivity contribution in [1.29, 1.82) is 0 Å². The Kier molecular flexibility index (Phi) is 3.50. The van der Waals surface area contributed by atoms with Crippen LogP contribution in [0.15, 0.2) is 24.3 Å². The maximum absolute atomic E-state index is 12.0. The van der Waals surface area contributed by atoms with Crippen molar-refractivity contribution in [3.05, 3.63) is 35.4 Å². The second-order valence-corrected chi connectivity index (χ2v) is 4.23. The molecular formula is C13H14N2O4. The predicted octanol–water partition coefficient (Wildman–Crippen LogP) is 0.336. The molecule has 1 heterocycles. The van der Waals surface area contributed by atoms with E-state index in [-0.39, 0.29) is 12.3 Å². The first-order valence-corrected chi connectivity index (χ1v) is 5.79. The van der Waals surface area contributed by atoms with E-state index in [1.165, 1.54) is 14.0 Å². The van der Waals surface area contributed by atoms with Crippen LogP contribution in [0.2, 0.25) is 0 Å². The fraction of sp³-hybridized carbons (Fsp3) is 0.308. The number of nitrogens with zero attached hydrogens (tertiary/aromatic N) is 1. The summed E-state index contributed by atoms with van der Waals surface area (Å²) in [5.74, 6) is -1.35. The largest absolute Gasteiger partial charge is 0.467 e. The average Bonchev–Trinajstić information content (AvgIpc) is 2.38. The molecule has 0 aromatic heterocycles. The van der Waals surface area contributed by atoms with Crippen molar-refractivity contribution in [1.82, 2.24) is 10.4 Å². The number of carbonyl (C=O) groups excluding carboxylic acids is 3. The number of rotatable bonds is 2. The van der Waals surface area contributed by atoms with E-state index in [0.29, 0.717) is 5.56 Å². The monoisotopic (exact) mass is 262 g/mol. The molecule has 0 saturated heterocycles. The van der Waals surface area contributed by atoms with Crippen molar-refractivity contribution in [2.45, 2.75) is 19.4 Å². The zero-order valence-corrected chi connectivity index (χ0v) is 10.7. The SMILES string of the molecule is COC(=O)[C@@H]1c2ccccc2CC(=O)N1NC(C)=O. The standard InChI is InChI=1S/C13H14N2O4/c1-8(16)14-15-11(17)7-9-5-3-4-6-10(9)12(15)13(18)19-2/h3-6,12H,7H2,1-2H3,(H,14,16)/t12-/m0/s1. The lowest BCUT2D eigenvalue weighted by atomic mass is 9.93. The van der Waals surface area contributed by atoms with Crippen molar-refractivity contribution in [3.8, 4) is 0 Å². The maximum atomic E-state index is 12.0. The molecule has 100 valence electrons. The van der Waals surface area contributed by atoms with Gasteiger partial charge in [0.1, 0.15) is 0 Å². The van der Waals surface area contributed by atoms with Crippen LogP contribution in [0.3, 0.4) is 0 Å². The Morgan fingerprint density at radius 3 is 2.68 bits per heavy atom. The first kappa shape index (κ1) is 13.1. The second-order valence-electron chi connectivity index (χ2n) is 4.23. The van der Waals surface area contributed by atoms with Gasteiger partial charge in [0.25, 0.3) is 0 Å². The van der Waals surface area contributed by atoms with Crippen molar-refractivity contribution < 1.29 is 19.1 Å². The van der Waals surface area contributed by atoms with Crippen molar-refractivity contribution >= 4 is 17.8 Å². The lowest BCUT2D eigenvalue weighted by Gasteiger charge is -2.34. The molecule has 1 aliphatic heterocycles. The van der Waals surface area contributed by atoms with Gasteiger partial charge in [-0.15, -0.1) is 0 Å². The molecule has 0 saturated carbocycles. The first-order chi connectivity index (χ1) is 9.04. The summed E-state index contributed by atoms with van der Waals surface area (Å²) in [5.41, 5.74) is 3.82. The van der Waals surface area contributed by atoms with E-state index in [1.54, 1.807) is 24.3 Å². The van der Waals surface area contributed by atoms with Gasteiger partial charge in [-0.3, -0.25) is 15.0 Å². The van der Waals surface area contributed by atoms with Gasteiger partial charge in [0, 0.05) is 6.92 Å². The van der Waals surface area contributed by atoms with Gasteiger partial charge in [-0.1, -0.05) is 24.3 Å². The third kappa shape index (κ3) is 2.42. The number of nitrogens with one attached hydrogen (secondary N) is 1. The molecule has 0 radical (unpaired) electrons. The van der Waals surface area contributed by atoms with Crippen molar-refractivity contribution in [2.75, 3.05) is 7.11 Å². The molecule has 0 bridgehead atoms. The van der Waals surface area contributed by atoms with Crippen LogP contribution in [0.5, 0.6) is 0 Å². The number of amides is 2. The molecule has 1 aliphatic rings. The number of hydrazine groups is 1. The smallest absolute Gasteiger partial charge is 0.335 e. The highest BCUT2D eigenvalue weighted by Crippen LogP contribution is 2.29. The van der Waals surface area contributed by atoms with Crippen LogP contribution in [-0.4, -0.2) is 29.9 Å². The Labute approximate surface area is 110 Å². The van der Waals surface area contributed by atoms with Crippen LogP contribution < -0.4 is 5.43 Å². The van der Waals surface area contributed by atoms with Crippen LogP contribution in [-0.2, 0) is 25.5 Å². The van der Waals surface area contributed by atoms with Crippen LogP contribution in [0, 0.1) is 0 Å². The van der Waals surface area contributed by atoms with Gasteiger partial charge in [0.05, 0.1) is 13.5 Å². The Balaban J connectivity index is 2.47. The molecule has 0 fully saturated rings. The van der Waals surface area contributed by atoms with E-state index < -0.39 is 17.9 Å². The number of fused-ring (bicyclic) bond motifs is 1. The summed E-state index contributed by atoms with van der Waals surface area (Å²) in [5, 5.41) is 1.04. The van der Waals surface area contributed by atoms with Crippen molar-refractivity contribution in [2.24, 2.45) is 0 Å².